The van der Waals surface area contributed by atoms with Gasteiger partial charge in [-0.05, 0) is 60.1 Å². The minimum Gasteiger partial charge on any atom is -0.455 e. The predicted molar refractivity (Wildman–Crippen MR) is 130 cm³/mol. The van der Waals surface area contributed by atoms with Crippen LogP contribution in [0.15, 0.2) is 65.2 Å². The first kappa shape index (κ1) is 19.5. The second-order valence-electron chi connectivity index (χ2n) is 9.44. The smallest absolute Gasteiger partial charge is 0.149 e. The van der Waals surface area contributed by atoms with E-state index < -0.39 is 0 Å². The molecule has 0 aliphatic heterocycles. The molecule has 0 spiro atoms. The molecule has 0 saturated heterocycles. The summed E-state index contributed by atoms with van der Waals surface area (Å²) in [6, 6.07) is 18.8. The van der Waals surface area contributed by atoms with Crippen LogP contribution in [0.5, 0.6) is 0 Å². The summed E-state index contributed by atoms with van der Waals surface area (Å²) in [5.74, 6) is 0.638. The summed E-state index contributed by atoms with van der Waals surface area (Å²) in [4.78, 5) is 4.59. The van der Waals surface area contributed by atoms with Crippen LogP contribution in [0.2, 0.25) is 0 Å². The zero-order valence-electron chi connectivity index (χ0n) is 18.5. The number of para-hydroxylation sites is 1. The first-order valence-electron chi connectivity index (χ1n) is 11.6. The maximum atomic E-state index is 15.0. The normalized spacial score (nSPS) is 15.0. The first-order valence-corrected chi connectivity index (χ1v) is 11.6. The van der Waals surface area contributed by atoms with Crippen molar-refractivity contribution in [3.05, 3.63) is 77.7 Å². The maximum absolute atomic E-state index is 15.0. The van der Waals surface area contributed by atoms with E-state index in [1.165, 1.54) is 43.0 Å². The van der Waals surface area contributed by atoms with Crippen LogP contribution in [-0.4, -0.2) is 4.98 Å². The Balaban J connectivity index is 1.64. The predicted octanol–water partition coefficient (Wildman–Crippen LogP) is 8.72. The van der Waals surface area contributed by atoms with Gasteiger partial charge in [0.2, 0.25) is 0 Å². The van der Waals surface area contributed by atoms with E-state index in [-0.39, 0.29) is 5.82 Å². The summed E-state index contributed by atoms with van der Waals surface area (Å²) in [7, 11) is 0. The molecule has 160 valence electrons. The first-order chi connectivity index (χ1) is 15.6. The average Bonchev–Trinajstić information content (AvgIpc) is 3.47. The topological polar surface area (TPSA) is 26.0 Å². The molecule has 1 aliphatic carbocycles. The lowest BCUT2D eigenvalue weighted by atomic mass is 9.92. The number of hydrogen-bond acceptors (Lipinski definition) is 2. The third-order valence-electron chi connectivity index (χ3n) is 7.11. The highest BCUT2D eigenvalue weighted by Gasteiger charge is 2.21. The van der Waals surface area contributed by atoms with Crippen LogP contribution in [0, 0.1) is 5.82 Å². The number of halogens is 1. The van der Waals surface area contributed by atoms with E-state index >= 15 is 0 Å². The van der Waals surface area contributed by atoms with Crippen molar-refractivity contribution in [3.8, 4) is 11.3 Å². The van der Waals surface area contributed by atoms with Crippen LogP contribution >= 0.6 is 0 Å². The van der Waals surface area contributed by atoms with Crippen LogP contribution in [0.25, 0.3) is 44.0 Å². The lowest BCUT2D eigenvalue weighted by Gasteiger charge is -2.14. The van der Waals surface area contributed by atoms with Gasteiger partial charge in [-0.25, -0.2) is 4.39 Å². The lowest BCUT2D eigenvalue weighted by molar-refractivity contribution is 0.633. The number of furan rings is 1. The zero-order valence-corrected chi connectivity index (χ0v) is 18.5. The molecule has 3 aromatic carbocycles. The van der Waals surface area contributed by atoms with Crippen molar-refractivity contribution in [2.45, 2.75) is 51.4 Å². The summed E-state index contributed by atoms with van der Waals surface area (Å²) in [6.45, 7) is 4.38. The van der Waals surface area contributed by atoms with E-state index in [9.17, 15) is 4.39 Å². The van der Waals surface area contributed by atoms with Crippen molar-refractivity contribution >= 4 is 32.7 Å². The van der Waals surface area contributed by atoms with Crippen molar-refractivity contribution in [1.82, 2.24) is 4.98 Å². The van der Waals surface area contributed by atoms with E-state index in [1.54, 1.807) is 0 Å². The monoisotopic (exact) mass is 423 g/mol. The number of hydrogen-bond donors (Lipinski definition) is 0. The Morgan fingerprint density at radius 3 is 2.53 bits per heavy atom. The van der Waals surface area contributed by atoms with Crippen molar-refractivity contribution < 1.29 is 8.81 Å². The SMILES string of the molecule is CC(C)c1cc(-c2ncc(F)c3cc(C4CCCC4)ccc23)c2oc3ccccc3c2c1. The number of aromatic nitrogens is 1. The number of rotatable bonds is 3. The second kappa shape index (κ2) is 7.44. The number of nitrogens with zero attached hydrogens (tertiary/aromatic N) is 1. The molecule has 3 heteroatoms. The Morgan fingerprint density at radius 1 is 0.906 bits per heavy atom. The van der Waals surface area contributed by atoms with E-state index in [0.29, 0.717) is 17.2 Å². The zero-order chi connectivity index (χ0) is 21.8. The fourth-order valence-corrected chi connectivity index (χ4v) is 5.31. The molecular formula is C29H26FNO. The molecule has 0 amide bonds. The molecule has 5 aromatic rings. The van der Waals surface area contributed by atoms with Gasteiger partial charge in [-0.3, -0.25) is 4.98 Å². The molecule has 1 saturated carbocycles. The standard InChI is InChI=1S/C29H26FNO/c1-17(2)20-14-24-21-9-5-6-10-27(21)32-29(24)25(15-20)28-22-12-11-19(18-7-3-4-8-18)13-23(22)26(30)16-31-28/h5-6,9-18H,3-4,7-8H2,1-2H3. The molecule has 32 heavy (non-hydrogen) atoms. The maximum Gasteiger partial charge on any atom is 0.149 e. The Bertz CT molecular complexity index is 1470. The minimum absolute atomic E-state index is 0.260. The third-order valence-corrected chi connectivity index (χ3v) is 7.11. The number of pyridine rings is 1. The van der Waals surface area contributed by atoms with E-state index in [1.807, 2.05) is 24.3 Å². The van der Waals surface area contributed by atoms with Crippen molar-refractivity contribution in [2.75, 3.05) is 0 Å². The minimum atomic E-state index is -0.260. The largest absolute Gasteiger partial charge is 0.455 e. The molecule has 0 N–H and O–H groups in total. The highest BCUT2D eigenvalue weighted by molar-refractivity contribution is 6.12. The summed E-state index contributed by atoms with van der Waals surface area (Å²) in [5.41, 5.74) is 5.86. The number of benzene rings is 3. The van der Waals surface area contributed by atoms with Crippen molar-refractivity contribution in [2.24, 2.45) is 0 Å². The molecule has 6 rings (SSSR count). The molecule has 2 aromatic heterocycles. The Labute approximate surface area is 187 Å². The summed E-state index contributed by atoms with van der Waals surface area (Å²) >= 11 is 0. The van der Waals surface area contributed by atoms with Crippen LogP contribution in [0.1, 0.15) is 62.5 Å². The molecule has 0 atom stereocenters. The van der Waals surface area contributed by atoms with Crippen molar-refractivity contribution in [1.29, 1.82) is 0 Å². The lowest BCUT2D eigenvalue weighted by Crippen LogP contribution is -1.96. The van der Waals surface area contributed by atoms with E-state index in [4.69, 9.17) is 4.42 Å². The van der Waals surface area contributed by atoms with Gasteiger partial charge in [0.05, 0.1) is 11.9 Å². The average molecular weight is 424 g/mol. The van der Waals surface area contributed by atoms with Crippen LogP contribution in [-0.2, 0) is 0 Å². The highest BCUT2D eigenvalue weighted by atomic mass is 19.1. The fraction of sp³-hybridized carbons (Fsp3) is 0.276. The summed E-state index contributed by atoms with van der Waals surface area (Å²) < 4.78 is 21.3. The molecule has 0 radical (unpaired) electrons. The molecule has 1 aliphatic rings. The van der Waals surface area contributed by atoms with Gasteiger partial charge in [0.15, 0.2) is 0 Å². The Morgan fingerprint density at radius 2 is 1.72 bits per heavy atom. The second-order valence-corrected chi connectivity index (χ2v) is 9.44. The molecule has 0 unspecified atom stereocenters. The van der Waals surface area contributed by atoms with Gasteiger partial charge in [-0.1, -0.05) is 57.0 Å². The van der Waals surface area contributed by atoms with Crippen LogP contribution in [0.4, 0.5) is 4.39 Å². The molecule has 0 bridgehead atoms. The fourth-order valence-electron chi connectivity index (χ4n) is 5.31. The van der Waals surface area contributed by atoms with Crippen LogP contribution in [0.3, 0.4) is 0 Å². The van der Waals surface area contributed by atoms with Gasteiger partial charge < -0.3 is 4.42 Å². The van der Waals surface area contributed by atoms with Gasteiger partial charge in [-0.15, -0.1) is 0 Å². The highest BCUT2D eigenvalue weighted by Crippen LogP contribution is 2.41. The van der Waals surface area contributed by atoms with Gasteiger partial charge in [0.25, 0.3) is 0 Å². The van der Waals surface area contributed by atoms with Crippen LogP contribution < -0.4 is 0 Å². The molecular weight excluding hydrogens is 397 g/mol. The van der Waals surface area contributed by atoms with Gasteiger partial charge >= 0.3 is 0 Å². The quantitative estimate of drug-likeness (QED) is 0.290. The van der Waals surface area contributed by atoms with E-state index in [0.717, 1.165) is 38.6 Å². The summed E-state index contributed by atoms with van der Waals surface area (Å²) in [5, 5.41) is 3.68. The molecule has 2 nitrogen and oxygen atoms in total. The number of fused-ring (bicyclic) bond motifs is 4. The third kappa shape index (κ3) is 3.02. The summed E-state index contributed by atoms with van der Waals surface area (Å²) in [6.07, 6.45) is 6.28. The Hall–Kier alpha value is -3.20. The molecule has 1 fully saturated rings. The van der Waals surface area contributed by atoms with E-state index in [2.05, 4.69) is 49.2 Å². The van der Waals surface area contributed by atoms with Gasteiger partial charge in [0, 0.05) is 27.1 Å². The van der Waals surface area contributed by atoms with Crippen molar-refractivity contribution in [3.63, 3.8) is 0 Å². The Kier molecular flexibility index (Phi) is 4.53. The van der Waals surface area contributed by atoms with Gasteiger partial charge in [0.1, 0.15) is 17.0 Å². The molecule has 2 heterocycles. The van der Waals surface area contributed by atoms with Gasteiger partial charge in [-0.2, -0.15) is 0 Å².